The molecular formula is C30H31ClN2O5. The zero-order valence-corrected chi connectivity index (χ0v) is 23.2. The van der Waals surface area contributed by atoms with Gasteiger partial charge in [0.25, 0.3) is 5.91 Å². The van der Waals surface area contributed by atoms with Crippen LogP contribution in [-0.2, 0) is 20.7 Å². The van der Waals surface area contributed by atoms with Gasteiger partial charge in [-0.3, -0.25) is 4.79 Å². The van der Waals surface area contributed by atoms with Crippen molar-refractivity contribution >= 4 is 29.6 Å². The van der Waals surface area contributed by atoms with Crippen molar-refractivity contribution in [1.82, 2.24) is 9.47 Å². The lowest BCUT2D eigenvalue weighted by atomic mass is 10.0. The molecule has 0 saturated carbocycles. The number of aromatic nitrogens is 1. The molecule has 0 atom stereocenters. The maximum atomic E-state index is 13.6. The smallest absolute Gasteiger partial charge is 0.340 e. The van der Waals surface area contributed by atoms with Gasteiger partial charge >= 0.3 is 5.97 Å². The lowest BCUT2D eigenvalue weighted by Gasteiger charge is -2.18. The van der Waals surface area contributed by atoms with E-state index in [-0.39, 0.29) is 11.5 Å². The van der Waals surface area contributed by atoms with Gasteiger partial charge in [-0.2, -0.15) is 0 Å². The van der Waals surface area contributed by atoms with E-state index in [1.54, 1.807) is 32.1 Å². The highest BCUT2D eigenvalue weighted by Crippen LogP contribution is 2.34. The summed E-state index contributed by atoms with van der Waals surface area (Å²) in [5, 5.41) is 0.502. The van der Waals surface area contributed by atoms with Gasteiger partial charge in [0.2, 0.25) is 0 Å². The SMILES string of the molecule is COC(=O)C1=C(C)N(CCc2ccc(OC)cc2)C(=O)/C1=C\c1cc(C)n(-c2ccc(OC)c(Cl)c2)c1C. The number of hydrogen-bond acceptors (Lipinski definition) is 5. The number of aryl methyl sites for hydroxylation is 1. The van der Waals surface area contributed by atoms with Gasteiger partial charge in [-0.05, 0) is 80.8 Å². The normalized spacial score (nSPS) is 14.4. The number of methoxy groups -OCH3 is 3. The number of carbonyl (C=O) groups excluding carboxylic acids is 2. The van der Waals surface area contributed by atoms with Crippen molar-refractivity contribution in [2.75, 3.05) is 27.9 Å². The van der Waals surface area contributed by atoms with Crippen LogP contribution in [0.2, 0.25) is 5.02 Å². The Labute approximate surface area is 227 Å². The number of carbonyl (C=O) groups is 2. The average molecular weight is 535 g/mol. The molecule has 1 amide bonds. The molecule has 38 heavy (non-hydrogen) atoms. The summed E-state index contributed by atoms with van der Waals surface area (Å²) >= 11 is 6.37. The Kier molecular flexibility index (Phi) is 7.97. The molecule has 0 spiro atoms. The van der Waals surface area contributed by atoms with Crippen LogP contribution in [0.3, 0.4) is 0 Å². The third kappa shape index (κ3) is 5.07. The van der Waals surface area contributed by atoms with Gasteiger partial charge in [0.15, 0.2) is 0 Å². The second-order valence-corrected chi connectivity index (χ2v) is 9.45. The molecule has 0 radical (unpaired) electrons. The van der Waals surface area contributed by atoms with Crippen LogP contribution >= 0.6 is 11.6 Å². The second-order valence-electron chi connectivity index (χ2n) is 9.05. The lowest BCUT2D eigenvalue weighted by Crippen LogP contribution is -2.27. The molecule has 0 aliphatic carbocycles. The van der Waals surface area contributed by atoms with E-state index in [1.165, 1.54) is 7.11 Å². The topological polar surface area (TPSA) is 70.0 Å². The van der Waals surface area contributed by atoms with Crippen molar-refractivity contribution in [3.63, 3.8) is 0 Å². The van der Waals surface area contributed by atoms with E-state index in [0.717, 1.165) is 34.0 Å². The molecule has 0 N–H and O–H groups in total. The van der Waals surface area contributed by atoms with Gasteiger partial charge in [0.1, 0.15) is 11.5 Å². The van der Waals surface area contributed by atoms with E-state index in [9.17, 15) is 9.59 Å². The van der Waals surface area contributed by atoms with Crippen LogP contribution in [0.25, 0.3) is 11.8 Å². The van der Waals surface area contributed by atoms with Crippen LogP contribution < -0.4 is 9.47 Å². The fraction of sp³-hybridized carbons (Fsp3) is 0.267. The second kappa shape index (κ2) is 11.2. The number of ether oxygens (including phenoxy) is 3. The average Bonchev–Trinajstić information content (AvgIpc) is 3.32. The number of rotatable bonds is 8. The monoisotopic (exact) mass is 534 g/mol. The van der Waals surface area contributed by atoms with E-state index < -0.39 is 5.97 Å². The molecular weight excluding hydrogens is 504 g/mol. The largest absolute Gasteiger partial charge is 0.497 e. The highest BCUT2D eigenvalue weighted by atomic mass is 35.5. The summed E-state index contributed by atoms with van der Waals surface area (Å²) < 4.78 is 17.6. The van der Waals surface area contributed by atoms with Crippen LogP contribution in [0, 0.1) is 13.8 Å². The minimum atomic E-state index is -0.537. The molecule has 1 aliphatic rings. The predicted molar refractivity (Wildman–Crippen MR) is 148 cm³/mol. The summed E-state index contributed by atoms with van der Waals surface area (Å²) in [5.41, 5.74) is 5.79. The van der Waals surface area contributed by atoms with E-state index in [0.29, 0.717) is 35.0 Å². The predicted octanol–water partition coefficient (Wildman–Crippen LogP) is 5.68. The number of amides is 1. The number of nitrogens with zero attached hydrogens (tertiary/aromatic N) is 2. The quantitative estimate of drug-likeness (QED) is 0.275. The Balaban J connectivity index is 1.69. The van der Waals surface area contributed by atoms with Gasteiger partial charge in [0, 0.05) is 29.3 Å². The molecule has 1 aromatic heterocycles. The van der Waals surface area contributed by atoms with E-state index in [1.807, 2.05) is 66.9 Å². The lowest BCUT2D eigenvalue weighted by molar-refractivity contribution is -0.136. The molecule has 0 fully saturated rings. The van der Waals surface area contributed by atoms with Crippen LogP contribution in [-0.4, -0.2) is 49.2 Å². The fourth-order valence-corrected chi connectivity index (χ4v) is 5.06. The Hall–Kier alpha value is -3.97. The summed E-state index contributed by atoms with van der Waals surface area (Å²) in [7, 11) is 4.52. The van der Waals surface area contributed by atoms with Crippen molar-refractivity contribution in [2.45, 2.75) is 27.2 Å². The summed E-state index contributed by atoms with van der Waals surface area (Å²) in [5.74, 6) is 0.600. The molecule has 0 saturated heterocycles. The van der Waals surface area contributed by atoms with Gasteiger partial charge in [-0.25, -0.2) is 4.79 Å². The standard InChI is InChI=1S/C30H31ClN2O5/c1-18-15-22(19(2)33(18)23-9-12-27(37-5)26(31)17-23)16-25-28(30(35)38-6)20(3)32(29(25)34)14-13-21-7-10-24(36-4)11-8-21/h7-12,15-17H,13-14H2,1-6H3/b25-16-. The number of allylic oxidation sites excluding steroid dienone is 1. The van der Waals surface area contributed by atoms with E-state index >= 15 is 0 Å². The molecule has 2 heterocycles. The Morgan fingerprint density at radius 1 is 0.974 bits per heavy atom. The molecule has 3 aromatic rings. The Morgan fingerprint density at radius 3 is 2.29 bits per heavy atom. The molecule has 2 aromatic carbocycles. The first kappa shape index (κ1) is 27.1. The minimum absolute atomic E-state index is 0.228. The molecule has 4 rings (SSSR count). The number of hydrogen-bond donors (Lipinski definition) is 0. The molecule has 0 bridgehead atoms. The van der Waals surface area contributed by atoms with Crippen molar-refractivity contribution in [1.29, 1.82) is 0 Å². The summed E-state index contributed by atoms with van der Waals surface area (Å²) in [6.07, 6.45) is 2.40. The Morgan fingerprint density at radius 2 is 1.68 bits per heavy atom. The van der Waals surface area contributed by atoms with Crippen molar-refractivity contribution in [2.24, 2.45) is 0 Å². The van der Waals surface area contributed by atoms with Crippen LogP contribution in [0.15, 0.2) is 65.4 Å². The third-order valence-corrected chi connectivity index (χ3v) is 7.14. The van der Waals surface area contributed by atoms with Crippen LogP contribution in [0.1, 0.15) is 29.4 Å². The van der Waals surface area contributed by atoms with Crippen molar-refractivity contribution in [3.8, 4) is 17.2 Å². The number of esters is 1. The van der Waals surface area contributed by atoms with Crippen molar-refractivity contribution in [3.05, 3.63) is 92.9 Å². The zero-order chi connectivity index (χ0) is 27.6. The first-order valence-electron chi connectivity index (χ1n) is 12.2. The minimum Gasteiger partial charge on any atom is -0.497 e. The maximum absolute atomic E-state index is 13.6. The summed E-state index contributed by atoms with van der Waals surface area (Å²) in [6, 6.07) is 15.3. The molecule has 8 heteroatoms. The van der Waals surface area contributed by atoms with Crippen LogP contribution in [0.5, 0.6) is 11.5 Å². The first-order chi connectivity index (χ1) is 18.2. The maximum Gasteiger partial charge on any atom is 0.340 e. The van der Waals surface area contributed by atoms with Gasteiger partial charge in [-0.15, -0.1) is 0 Å². The van der Waals surface area contributed by atoms with Crippen LogP contribution in [0.4, 0.5) is 0 Å². The Bertz CT molecular complexity index is 1450. The zero-order valence-electron chi connectivity index (χ0n) is 22.4. The fourth-order valence-electron chi connectivity index (χ4n) is 4.81. The highest BCUT2D eigenvalue weighted by molar-refractivity contribution is 6.32. The van der Waals surface area contributed by atoms with E-state index in [4.69, 9.17) is 25.8 Å². The molecule has 0 unspecified atom stereocenters. The number of halogens is 1. The van der Waals surface area contributed by atoms with Gasteiger partial charge in [0.05, 0.1) is 37.5 Å². The molecule has 198 valence electrons. The van der Waals surface area contributed by atoms with Gasteiger partial charge in [-0.1, -0.05) is 23.7 Å². The van der Waals surface area contributed by atoms with Crippen molar-refractivity contribution < 1.29 is 23.8 Å². The highest BCUT2D eigenvalue weighted by Gasteiger charge is 2.37. The molecule has 7 nitrogen and oxygen atoms in total. The van der Waals surface area contributed by atoms with Gasteiger partial charge < -0.3 is 23.7 Å². The molecule has 1 aliphatic heterocycles. The number of benzene rings is 2. The first-order valence-corrected chi connectivity index (χ1v) is 12.6. The third-order valence-electron chi connectivity index (χ3n) is 6.85. The summed E-state index contributed by atoms with van der Waals surface area (Å²) in [4.78, 5) is 28.0. The summed E-state index contributed by atoms with van der Waals surface area (Å²) in [6.45, 7) is 6.15. The van der Waals surface area contributed by atoms with E-state index in [2.05, 4.69) is 0 Å².